The van der Waals surface area contributed by atoms with Crippen LogP contribution in [0.25, 0.3) is 0 Å². The largest absolute Gasteiger partial charge is 0.351 e. The van der Waals surface area contributed by atoms with E-state index in [4.69, 9.17) is 11.6 Å². The lowest BCUT2D eigenvalue weighted by Gasteiger charge is -2.18. The Morgan fingerprint density at radius 2 is 1.52 bits per heavy atom. The summed E-state index contributed by atoms with van der Waals surface area (Å²) in [7, 11) is 0. The lowest BCUT2D eigenvalue weighted by molar-refractivity contribution is 0.559. The molecule has 2 aliphatic carbocycles. The fourth-order valence-corrected chi connectivity index (χ4v) is 3.52. The third-order valence-electron chi connectivity index (χ3n) is 4.82. The van der Waals surface area contributed by atoms with Crippen LogP contribution in [0.4, 0.5) is 11.9 Å². The molecule has 144 valence electrons. The molecular formula is C21H28ClN5. The Kier molecular flexibility index (Phi) is 7.45. The first-order valence-electron chi connectivity index (χ1n) is 9.87. The molecule has 2 aliphatic rings. The summed E-state index contributed by atoms with van der Waals surface area (Å²) in [5.74, 6) is 0.995. The standard InChI is InChI=1S/C21H28ClN5/c1-16-10-8-14-18(15-9-11-16)24-21-26-19(22)25-20(27-21)23-17-12-6-4-2-3-5-7-13-17/h8-11,14-15,17H,2-7,12-13H2,1H3,(H2,23,24,25,26,27)/b10-8?,11-9?,14-8-,15-9?,16-10?,16-11?,18-14?,18-15+. The molecule has 27 heavy (non-hydrogen) atoms. The summed E-state index contributed by atoms with van der Waals surface area (Å²) in [4.78, 5) is 13.0. The lowest BCUT2D eigenvalue weighted by Crippen LogP contribution is -2.21. The molecule has 2 N–H and O–H groups in total. The highest BCUT2D eigenvalue weighted by Gasteiger charge is 2.13. The second-order valence-electron chi connectivity index (χ2n) is 7.17. The van der Waals surface area contributed by atoms with E-state index in [2.05, 4.69) is 44.7 Å². The molecule has 0 spiro atoms. The monoisotopic (exact) mass is 385 g/mol. The van der Waals surface area contributed by atoms with Crippen molar-refractivity contribution in [1.82, 2.24) is 15.0 Å². The van der Waals surface area contributed by atoms with Crippen molar-refractivity contribution < 1.29 is 0 Å². The predicted octanol–water partition coefficient (Wildman–Crippen LogP) is 5.81. The van der Waals surface area contributed by atoms with E-state index in [1.165, 1.54) is 44.1 Å². The van der Waals surface area contributed by atoms with Gasteiger partial charge < -0.3 is 10.6 Å². The first-order chi connectivity index (χ1) is 13.2. The number of nitrogens with zero attached hydrogens (tertiary/aromatic N) is 3. The lowest BCUT2D eigenvalue weighted by atomic mass is 10.1. The Hall–Kier alpha value is -2.14. The van der Waals surface area contributed by atoms with Gasteiger partial charge in [0.1, 0.15) is 0 Å². The first-order valence-corrected chi connectivity index (χ1v) is 10.3. The van der Waals surface area contributed by atoms with Crippen molar-refractivity contribution in [2.24, 2.45) is 0 Å². The quantitative estimate of drug-likeness (QED) is 0.684. The average Bonchev–Trinajstić information content (AvgIpc) is 2.73. The van der Waals surface area contributed by atoms with Crippen LogP contribution >= 0.6 is 11.6 Å². The number of halogens is 1. The molecular weight excluding hydrogens is 358 g/mol. The molecule has 0 aliphatic heterocycles. The molecule has 0 amide bonds. The Morgan fingerprint density at radius 3 is 2.30 bits per heavy atom. The molecule has 1 aromatic rings. The van der Waals surface area contributed by atoms with Crippen molar-refractivity contribution in [2.45, 2.75) is 64.3 Å². The topological polar surface area (TPSA) is 62.7 Å². The second kappa shape index (κ2) is 10.3. The molecule has 0 atom stereocenters. The van der Waals surface area contributed by atoms with E-state index in [0.717, 1.165) is 18.5 Å². The minimum Gasteiger partial charge on any atom is -0.351 e. The second-order valence-corrected chi connectivity index (χ2v) is 7.51. The molecule has 1 fully saturated rings. The molecule has 1 aromatic heterocycles. The van der Waals surface area contributed by atoms with Crippen molar-refractivity contribution in [3.8, 4) is 0 Å². The minimum absolute atomic E-state index is 0.194. The van der Waals surface area contributed by atoms with Gasteiger partial charge >= 0.3 is 0 Å². The van der Waals surface area contributed by atoms with Crippen LogP contribution in [0.5, 0.6) is 0 Å². The summed E-state index contributed by atoms with van der Waals surface area (Å²) in [6.07, 6.45) is 22.2. The number of aromatic nitrogens is 3. The van der Waals surface area contributed by atoms with Gasteiger partial charge in [0, 0.05) is 11.7 Å². The number of nitrogens with one attached hydrogen (secondary N) is 2. The average molecular weight is 386 g/mol. The molecule has 6 heteroatoms. The van der Waals surface area contributed by atoms with E-state index in [9.17, 15) is 0 Å². The van der Waals surface area contributed by atoms with Crippen molar-refractivity contribution >= 4 is 23.5 Å². The Bertz CT molecular complexity index is 741. The van der Waals surface area contributed by atoms with Crippen molar-refractivity contribution in [3.05, 3.63) is 53.0 Å². The molecule has 0 radical (unpaired) electrons. The number of hydrogen-bond acceptors (Lipinski definition) is 5. The smallest absolute Gasteiger partial charge is 0.233 e. The highest BCUT2D eigenvalue weighted by Crippen LogP contribution is 2.20. The Balaban J connectivity index is 1.68. The SMILES string of the molecule is CC1=C/C=C\C(Nc2nc(Cl)nc(NC3CCCCCCCC3)n2)=C/C=C1. The third kappa shape index (κ3) is 6.83. The first kappa shape index (κ1) is 19.6. The summed E-state index contributed by atoms with van der Waals surface area (Å²) in [6.45, 7) is 2.06. The van der Waals surface area contributed by atoms with Gasteiger partial charge in [-0.25, -0.2) is 0 Å². The van der Waals surface area contributed by atoms with Crippen LogP contribution in [0, 0.1) is 0 Å². The summed E-state index contributed by atoms with van der Waals surface area (Å²) >= 11 is 6.14. The van der Waals surface area contributed by atoms with Crippen molar-refractivity contribution in [3.63, 3.8) is 0 Å². The third-order valence-corrected chi connectivity index (χ3v) is 4.99. The van der Waals surface area contributed by atoms with Gasteiger partial charge in [0.15, 0.2) is 0 Å². The van der Waals surface area contributed by atoms with E-state index in [1.54, 1.807) is 0 Å². The summed E-state index contributed by atoms with van der Waals surface area (Å²) < 4.78 is 0. The maximum Gasteiger partial charge on any atom is 0.233 e. The molecule has 0 bridgehead atoms. The normalized spacial score (nSPS) is 22.1. The predicted molar refractivity (Wildman–Crippen MR) is 113 cm³/mol. The zero-order valence-electron chi connectivity index (χ0n) is 15.9. The van der Waals surface area contributed by atoms with E-state index < -0.39 is 0 Å². The Morgan fingerprint density at radius 1 is 0.852 bits per heavy atom. The van der Waals surface area contributed by atoms with Gasteiger partial charge in [-0.1, -0.05) is 68.4 Å². The van der Waals surface area contributed by atoms with Gasteiger partial charge in [-0.15, -0.1) is 0 Å². The van der Waals surface area contributed by atoms with E-state index in [1.807, 2.05) is 24.3 Å². The number of rotatable bonds is 4. The summed E-state index contributed by atoms with van der Waals surface area (Å²) in [5.41, 5.74) is 2.09. The summed E-state index contributed by atoms with van der Waals surface area (Å²) in [5, 5.41) is 6.89. The number of allylic oxidation sites excluding steroid dienone is 7. The van der Waals surface area contributed by atoms with E-state index >= 15 is 0 Å². The van der Waals surface area contributed by atoms with Gasteiger partial charge in [-0.2, -0.15) is 15.0 Å². The molecule has 0 saturated heterocycles. The van der Waals surface area contributed by atoms with Crippen molar-refractivity contribution in [2.75, 3.05) is 10.6 Å². The number of anilines is 2. The van der Waals surface area contributed by atoms with Gasteiger partial charge in [-0.05, 0) is 43.5 Å². The molecule has 3 rings (SSSR count). The molecule has 0 aromatic carbocycles. The van der Waals surface area contributed by atoms with Crippen LogP contribution in [-0.4, -0.2) is 21.0 Å². The maximum absolute atomic E-state index is 6.14. The van der Waals surface area contributed by atoms with Gasteiger partial charge in [-0.3, -0.25) is 0 Å². The molecule has 1 saturated carbocycles. The van der Waals surface area contributed by atoms with Gasteiger partial charge in [0.25, 0.3) is 0 Å². The Labute approximate surface area is 166 Å². The molecule has 5 nitrogen and oxygen atoms in total. The summed E-state index contributed by atoms with van der Waals surface area (Å²) in [6, 6.07) is 0.394. The minimum atomic E-state index is 0.194. The number of hydrogen-bond donors (Lipinski definition) is 2. The van der Waals surface area contributed by atoms with Crippen LogP contribution in [0.3, 0.4) is 0 Å². The van der Waals surface area contributed by atoms with Crippen LogP contribution in [0.2, 0.25) is 5.28 Å². The fraction of sp³-hybridized carbons (Fsp3) is 0.476. The zero-order chi connectivity index (χ0) is 18.9. The highest BCUT2D eigenvalue weighted by atomic mass is 35.5. The maximum atomic E-state index is 6.14. The van der Waals surface area contributed by atoms with Gasteiger partial charge in [0.05, 0.1) is 0 Å². The van der Waals surface area contributed by atoms with E-state index in [-0.39, 0.29) is 5.28 Å². The zero-order valence-corrected chi connectivity index (χ0v) is 16.7. The van der Waals surface area contributed by atoms with Crippen LogP contribution < -0.4 is 10.6 Å². The van der Waals surface area contributed by atoms with Gasteiger partial charge in [0.2, 0.25) is 17.2 Å². The van der Waals surface area contributed by atoms with Crippen LogP contribution in [-0.2, 0) is 0 Å². The highest BCUT2D eigenvalue weighted by molar-refractivity contribution is 6.28. The fourth-order valence-electron chi connectivity index (χ4n) is 3.36. The molecule has 0 unspecified atom stereocenters. The molecule has 1 heterocycles. The van der Waals surface area contributed by atoms with Crippen LogP contribution in [0.1, 0.15) is 58.3 Å². The van der Waals surface area contributed by atoms with Crippen LogP contribution in [0.15, 0.2) is 47.7 Å². The van der Waals surface area contributed by atoms with Crippen molar-refractivity contribution in [1.29, 1.82) is 0 Å². The van der Waals surface area contributed by atoms with E-state index in [0.29, 0.717) is 17.9 Å².